The van der Waals surface area contributed by atoms with Crippen molar-refractivity contribution in [1.29, 1.82) is 0 Å². The molecule has 1 aromatic heterocycles. The van der Waals surface area contributed by atoms with Gasteiger partial charge in [0.2, 0.25) is 0 Å². The average molecular weight is 337 g/mol. The summed E-state index contributed by atoms with van der Waals surface area (Å²) in [6.45, 7) is 2.56. The summed E-state index contributed by atoms with van der Waals surface area (Å²) in [6, 6.07) is 13.7. The summed E-state index contributed by atoms with van der Waals surface area (Å²) in [5.41, 5.74) is 3.67. The van der Waals surface area contributed by atoms with E-state index in [9.17, 15) is 8.78 Å². The highest BCUT2D eigenvalue weighted by Gasteiger charge is 2.19. The van der Waals surface area contributed by atoms with Gasteiger partial charge in [0.05, 0.1) is 5.69 Å². The SMILES string of the molecule is Fc1cc(F)cc(-c2ncc3c(n2)CCN(Cc2ccccc2)C3)c1. The Kier molecular flexibility index (Phi) is 4.24. The van der Waals surface area contributed by atoms with Crippen molar-refractivity contribution < 1.29 is 8.78 Å². The normalized spacial score (nSPS) is 14.3. The van der Waals surface area contributed by atoms with E-state index in [0.717, 1.165) is 43.4 Å². The van der Waals surface area contributed by atoms with Gasteiger partial charge in [-0.25, -0.2) is 18.7 Å². The van der Waals surface area contributed by atoms with Crippen LogP contribution in [0.3, 0.4) is 0 Å². The molecule has 5 heteroatoms. The molecule has 3 aromatic rings. The molecule has 1 aliphatic heterocycles. The minimum atomic E-state index is -0.620. The molecule has 0 aliphatic carbocycles. The summed E-state index contributed by atoms with van der Waals surface area (Å²) in [5, 5.41) is 0. The second-order valence-electron chi connectivity index (χ2n) is 6.27. The van der Waals surface area contributed by atoms with Crippen LogP contribution in [0.1, 0.15) is 16.8 Å². The van der Waals surface area contributed by atoms with Crippen molar-refractivity contribution >= 4 is 0 Å². The van der Waals surface area contributed by atoms with Gasteiger partial charge < -0.3 is 0 Å². The van der Waals surface area contributed by atoms with Crippen molar-refractivity contribution in [1.82, 2.24) is 14.9 Å². The fourth-order valence-corrected chi connectivity index (χ4v) is 3.17. The molecule has 0 N–H and O–H groups in total. The molecular weight excluding hydrogens is 320 g/mol. The van der Waals surface area contributed by atoms with E-state index < -0.39 is 11.6 Å². The molecule has 126 valence electrons. The van der Waals surface area contributed by atoms with Gasteiger partial charge in [-0.15, -0.1) is 0 Å². The lowest BCUT2D eigenvalue weighted by Crippen LogP contribution is -2.30. The average Bonchev–Trinajstić information content (AvgIpc) is 2.61. The van der Waals surface area contributed by atoms with Crippen molar-refractivity contribution in [3.05, 3.63) is 83.2 Å². The zero-order valence-electron chi connectivity index (χ0n) is 13.6. The molecule has 0 saturated heterocycles. The summed E-state index contributed by atoms with van der Waals surface area (Å²) in [4.78, 5) is 11.2. The second-order valence-corrected chi connectivity index (χ2v) is 6.27. The van der Waals surface area contributed by atoms with E-state index >= 15 is 0 Å². The Bertz CT molecular complexity index is 876. The topological polar surface area (TPSA) is 29.0 Å². The lowest BCUT2D eigenvalue weighted by molar-refractivity contribution is 0.243. The lowest BCUT2D eigenvalue weighted by atomic mass is 10.1. The quantitative estimate of drug-likeness (QED) is 0.724. The Labute approximate surface area is 145 Å². The van der Waals surface area contributed by atoms with E-state index in [4.69, 9.17) is 0 Å². The van der Waals surface area contributed by atoms with E-state index in [2.05, 4.69) is 27.0 Å². The Balaban J connectivity index is 1.55. The molecule has 0 amide bonds. The van der Waals surface area contributed by atoms with E-state index in [1.807, 2.05) is 18.2 Å². The molecule has 1 aliphatic rings. The van der Waals surface area contributed by atoms with Crippen LogP contribution in [0.4, 0.5) is 8.78 Å². The Morgan fingerprint density at radius 2 is 1.76 bits per heavy atom. The first-order chi connectivity index (χ1) is 12.2. The highest BCUT2D eigenvalue weighted by Crippen LogP contribution is 2.23. The molecule has 0 saturated carbocycles. The van der Waals surface area contributed by atoms with Gasteiger partial charge in [0.25, 0.3) is 0 Å². The minimum Gasteiger partial charge on any atom is -0.294 e. The van der Waals surface area contributed by atoms with Gasteiger partial charge in [0.15, 0.2) is 5.82 Å². The molecule has 2 heterocycles. The fraction of sp³-hybridized carbons (Fsp3) is 0.200. The number of nitrogens with zero attached hydrogens (tertiary/aromatic N) is 3. The Hall–Kier alpha value is -2.66. The summed E-state index contributed by atoms with van der Waals surface area (Å²) in [5.74, 6) is -0.871. The van der Waals surface area contributed by atoms with Crippen LogP contribution in [-0.4, -0.2) is 21.4 Å². The smallest absolute Gasteiger partial charge is 0.159 e. The summed E-state index contributed by atoms with van der Waals surface area (Å²) < 4.78 is 26.8. The zero-order valence-corrected chi connectivity index (χ0v) is 13.6. The lowest BCUT2D eigenvalue weighted by Gasteiger charge is -2.28. The largest absolute Gasteiger partial charge is 0.294 e. The predicted octanol–water partition coefficient (Wildman–Crippen LogP) is 3.98. The third-order valence-corrected chi connectivity index (χ3v) is 4.38. The summed E-state index contributed by atoms with van der Waals surface area (Å²) in [7, 11) is 0. The number of rotatable bonds is 3. The van der Waals surface area contributed by atoms with E-state index in [1.165, 1.54) is 17.7 Å². The number of hydrogen-bond acceptors (Lipinski definition) is 3. The predicted molar refractivity (Wildman–Crippen MR) is 91.6 cm³/mol. The van der Waals surface area contributed by atoms with Gasteiger partial charge in [-0.3, -0.25) is 4.90 Å². The highest BCUT2D eigenvalue weighted by molar-refractivity contribution is 5.55. The third kappa shape index (κ3) is 3.56. The van der Waals surface area contributed by atoms with Crippen LogP contribution < -0.4 is 0 Å². The first-order valence-electron chi connectivity index (χ1n) is 8.25. The van der Waals surface area contributed by atoms with E-state index in [1.54, 1.807) is 6.20 Å². The molecule has 2 aromatic carbocycles. The maximum Gasteiger partial charge on any atom is 0.159 e. The molecule has 3 nitrogen and oxygen atoms in total. The second kappa shape index (κ2) is 6.69. The van der Waals surface area contributed by atoms with Crippen molar-refractivity contribution in [3.63, 3.8) is 0 Å². The Morgan fingerprint density at radius 1 is 1.00 bits per heavy atom. The maximum absolute atomic E-state index is 13.4. The van der Waals surface area contributed by atoms with Crippen LogP contribution >= 0.6 is 0 Å². The van der Waals surface area contributed by atoms with Crippen molar-refractivity contribution in [2.75, 3.05) is 6.54 Å². The van der Waals surface area contributed by atoms with Gasteiger partial charge in [-0.05, 0) is 17.7 Å². The number of fused-ring (bicyclic) bond motifs is 1. The van der Waals surface area contributed by atoms with Crippen LogP contribution in [0, 0.1) is 11.6 Å². The number of aromatic nitrogens is 2. The molecule has 0 unspecified atom stereocenters. The number of halogens is 2. The Morgan fingerprint density at radius 3 is 2.52 bits per heavy atom. The molecule has 0 fully saturated rings. The minimum absolute atomic E-state index is 0.368. The van der Waals surface area contributed by atoms with Crippen LogP contribution in [0.25, 0.3) is 11.4 Å². The maximum atomic E-state index is 13.4. The number of hydrogen-bond donors (Lipinski definition) is 0. The van der Waals surface area contributed by atoms with Gasteiger partial charge in [0.1, 0.15) is 11.6 Å². The third-order valence-electron chi connectivity index (χ3n) is 4.38. The van der Waals surface area contributed by atoms with Gasteiger partial charge >= 0.3 is 0 Å². The monoisotopic (exact) mass is 337 g/mol. The van der Waals surface area contributed by atoms with Crippen LogP contribution in [0.15, 0.2) is 54.7 Å². The summed E-state index contributed by atoms with van der Waals surface area (Å²) >= 11 is 0. The number of benzene rings is 2. The first kappa shape index (κ1) is 15.8. The van der Waals surface area contributed by atoms with Crippen LogP contribution in [0.5, 0.6) is 0 Å². The molecule has 0 bridgehead atoms. The van der Waals surface area contributed by atoms with Crippen LogP contribution in [-0.2, 0) is 19.5 Å². The van der Waals surface area contributed by atoms with Crippen molar-refractivity contribution in [3.8, 4) is 11.4 Å². The fourth-order valence-electron chi connectivity index (χ4n) is 3.17. The first-order valence-corrected chi connectivity index (χ1v) is 8.25. The van der Waals surface area contributed by atoms with Crippen LogP contribution in [0.2, 0.25) is 0 Å². The van der Waals surface area contributed by atoms with Gasteiger partial charge in [-0.2, -0.15) is 0 Å². The standard InChI is InChI=1S/C20H17F2N3/c21-17-8-15(9-18(22)10-17)20-23-11-16-13-25(7-6-19(16)24-20)12-14-4-2-1-3-5-14/h1-5,8-11H,6-7,12-13H2. The molecule has 25 heavy (non-hydrogen) atoms. The highest BCUT2D eigenvalue weighted by atomic mass is 19.1. The van der Waals surface area contributed by atoms with E-state index in [0.29, 0.717) is 11.4 Å². The van der Waals surface area contributed by atoms with Gasteiger partial charge in [0, 0.05) is 49.4 Å². The molecule has 4 rings (SSSR count). The van der Waals surface area contributed by atoms with Crippen molar-refractivity contribution in [2.24, 2.45) is 0 Å². The molecular formula is C20H17F2N3. The van der Waals surface area contributed by atoms with E-state index in [-0.39, 0.29) is 0 Å². The molecule has 0 atom stereocenters. The van der Waals surface area contributed by atoms with Crippen molar-refractivity contribution in [2.45, 2.75) is 19.5 Å². The molecule has 0 spiro atoms. The van der Waals surface area contributed by atoms with Gasteiger partial charge in [-0.1, -0.05) is 30.3 Å². The molecule has 0 radical (unpaired) electrons. The summed E-state index contributed by atoms with van der Waals surface area (Å²) in [6.07, 6.45) is 2.58. The zero-order chi connectivity index (χ0) is 17.2.